The summed E-state index contributed by atoms with van der Waals surface area (Å²) in [6.07, 6.45) is 0. The van der Waals surface area contributed by atoms with Crippen molar-refractivity contribution in [3.63, 3.8) is 0 Å². The first-order chi connectivity index (χ1) is 8.56. The number of rotatable bonds is 2. The van der Waals surface area contributed by atoms with Gasteiger partial charge >= 0.3 is 5.97 Å². The highest BCUT2D eigenvalue weighted by Crippen LogP contribution is 2.29. The Kier molecular flexibility index (Phi) is 3.52. The standard InChI is InChI=1S/C13H12BrNO3/c1-7-10(14)5-8-4-9(13(16)18-3)6-11(17-2)12(8)15-7/h4-6H,1-3H3. The van der Waals surface area contributed by atoms with Crippen LogP contribution in [0.4, 0.5) is 0 Å². The SMILES string of the molecule is COC(=O)c1cc(OC)c2nc(C)c(Br)cc2c1. The van der Waals surface area contributed by atoms with Crippen LogP contribution in [0.3, 0.4) is 0 Å². The molecule has 1 heterocycles. The number of fused-ring (bicyclic) bond motifs is 1. The van der Waals surface area contributed by atoms with E-state index in [9.17, 15) is 4.79 Å². The van der Waals surface area contributed by atoms with Crippen molar-refractivity contribution in [2.24, 2.45) is 0 Å². The van der Waals surface area contributed by atoms with Gasteiger partial charge < -0.3 is 9.47 Å². The van der Waals surface area contributed by atoms with Crippen molar-refractivity contribution >= 4 is 32.8 Å². The second-order valence-electron chi connectivity index (χ2n) is 3.80. The summed E-state index contributed by atoms with van der Waals surface area (Å²) in [4.78, 5) is 16.0. The number of aryl methyl sites for hydroxylation is 1. The average Bonchev–Trinajstić information content (AvgIpc) is 2.38. The topological polar surface area (TPSA) is 48.4 Å². The second kappa shape index (κ2) is 4.94. The minimum atomic E-state index is -0.396. The van der Waals surface area contributed by atoms with Gasteiger partial charge in [0, 0.05) is 9.86 Å². The summed E-state index contributed by atoms with van der Waals surface area (Å²) in [6, 6.07) is 5.28. The maximum Gasteiger partial charge on any atom is 0.338 e. The number of halogens is 1. The predicted octanol–water partition coefficient (Wildman–Crippen LogP) is 3.10. The Hall–Kier alpha value is -1.62. The molecule has 1 aromatic carbocycles. The molecule has 1 aromatic heterocycles. The molecule has 0 amide bonds. The Labute approximate surface area is 113 Å². The van der Waals surface area contributed by atoms with Crippen molar-refractivity contribution in [1.29, 1.82) is 0 Å². The molecule has 0 N–H and O–H groups in total. The van der Waals surface area contributed by atoms with Gasteiger partial charge in [-0.3, -0.25) is 0 Å². The molecule has 0 atom stereocenters. The summed E-state index contributed by atoms with van der Waals surface area (Å²) in [5.41, 5.74) is 2.04. The molecule has 18 heavy (non-hydrogen) atoms. The lowest BCUT2D eigenvalue weighted by atomic mass is 10.1. The summed E-state index contributed by atoms with van der Waals surface area (Å²) in [5, 5.41) is 0.826. The molecule has 0 aliphatic rings. The Bertz CT molecular complexity index is 625. The van der Waals surface area contributed by atoms with Gasteiger partial charge in [0.2, 0.25) is 0 Å². The molecule has 4 nitrogen and oxygen atoms in total. The minimum Gasteiger partial charge on any atom is -0.494 e. The van der Waals surface area contributed by atoms with Crippen LogP contribution in [0.1, 0.15) is 16.1 Å². The molecule has 0 fully saturated rings. The van der Waals surface area contributed by atoms with Crippen LogP contribution in [0.25, 0.3) is 10.9 Å². The van der Waals surface area contributed by atoms with Crippen molar-refractivity contribution in [1.82, 2.24) is 4.98 Å². The molecule has 0 saturated carbocycles. The Morgan fingerprint density at radius 1 is 1.28 bits per heavy atom. The van der Waals surface area contributed by atoms with Gasteiger partial charge in [-0.1, -0.05) is 0 Å². The average molecular weight is 310 g/mol. The zero-order valence-electron chi connectivity index (χ0n) is 10.3. The lowest BCUT2D eigenvalue weighted by Gasteiger charge is -2.09. The van der Waals surface area contributed by atoms with E-state index in [4.69, 9.17) is 9.47 Å². The van der Waals surface area contributed by atoms with E-state index in [2.05, 4.69) is 20.9 Å². The molecular formula is C13H12BrNO3. The van der Waals surface area contributed by atoms with Gasteiger partial charge in [-0.25, -0.2) is 9.78 Å². The first-order valence-corrected chi connectivity index (χ1v) is 6.09. The number of methoxy groups -OCH3 is 2. The smallest absolute Gasteiger partial charge is 0.338 e. The molecule has 0 unspecified atom stereocenters. The number of benzene rings is 1. The lowest BCUT2D eigenvalue weighted by Crippen LogP contribution is -2.02. The zero-order chi connectivity index (χ0) is 13.3. The molecule has 0 aliphatic heterocycles. The van der Waals surface area contributed by atoms with Crippen LogP contribution in [0.5, 0.6) is 5.75 Å². The van der Waals surface area contributed by atoms with Crippen LogP contribution in [0.15, 0.2) is 22.7 Å². The quantitative estimate of drug-likeness (QED) is 0.800. The first kappa shape index (κ1) is 12.8. The maximum atomic E-state index is 11.6. The molecule has 2 aromatic rings. The molecule has 5 heteroatoms. The molecule has 94 valence electrons. The normalized spacial score (nSPS) is 10.4. The molecule has 0 aliphatic carbocycles. The van der Waals surface area contributed by atoms with Gasteiger partial charge in [0.1, 0.15) is 11.3 Å². The largest absolute Gasteiger partial charge is 0.494 e. The van der Waals surface area contributed by atoms with Crippen LogP contribution in [0, 0.1) is 6.92 Å². The van der Waals surface area contributed by atoms with Crippen molar-refractivity contribution in [2.75, 3.05) is 14.2 Å². The molecular weight excluding hydrogens is 298 g/mol. The highest BCUT2D eigenvalue weighted by molar-refractivity contribution is 9.10. The van der Waals surface area contributed by atoms with Crippen LogP contribution < -0.4 is 4.74 Å². The third-order valence-corrected chi connectivity index (χ3v) is 3.46. The van der Waals surface area contributed by atoms with Crippen molar-refractivity contribution in [3.05, 3.63) is 33.9 Å². The van der Waals surface area contributed by atoms with E-state index in [1.54, 1.807) is 19.2 Å². The summed E-state index contributed by atoms with van der Waals surface area (Å²) in [5.74, 6) is 0.162. The van der Waals surface area contributed by atoms with E-state index in [1.165, 1.54) is 7.11 Å². The van der Waals surface area contributed by atoms with E-state index in [0.29, 0.717) is 11.3 Å². The predicted molar refractivity (Wildman–Crippen MR) is 72.1 cm³/mol. The summed E-state index contributed by atoms with van der Waals surface area (Å²) >= 11 is 3.42. The van der Waals surface area contributed by atoms with Crippen LogP contribution in [0.2, 0.25) is 0 Å². The minimum absolute atomic E-state index is 0.396. The first-order valence-electron chi connectivity index (χ1n) is 5.30. The van der Waals surface area contributed by atoms with Crippen LogP contribution >= 0.6 is 15.9 Å². The van der Waals surface area contributed by atoms with E-state index in [0.717, 1.165) is 21.1 Å². The highest BCUT2D eigenvalue weighted by atomic mass is 79.9. The Morgan fingerprint density at radius 2 is 2.00 bits per heavy atom. The van der Waals surface area contributed by atoms with Gasteiger partial charge in [0.25, 0.3) is 0 Å². The second-order valence-corrected chi connectivity index (χ2v) is 4.65. The Morgan fingerprint density at radius 3 is 2.61 bits per heavy atom. The zero-order valence-corrected chi connectivity index (χ0v) is 11.9. The highest BCUT2D eigenvalue weighted by Gasteiger charge is 2.13. The van der Waals surface area contributed by atoms with Crippen molar-refractivity contribution in [3.8, 4) is 5.75 Å². The summed E-state index contributed by atoms with van der Waals surface area (Å²) in [6.45, 7) is 1.90. The fourth-order valence-electron chi connectivity index (χ4n) is 1.71. The number of esters is 1. The summed E-state index contributed by atoms with van der Waals surface area (Å²) < 4.78 is 10.9. The van der Waals surface area contributed by atoms with E-state index >= 15 is 0 Å². The van der Waals surface area contributed by atoms with E-state index in [1.807, 2.05) is 13.0 Å². The number of nitrogens with zero attached hydrogens (tertiary/aromatic N) is 1. The van der Waals surface area contributed by atoms with Gasteiger partial charge in [-0.15, -0.1) is 0 Å². The Balaban J connectivity index is 2.75. The number of ether oxygens (including phenoxy) is 2. The fraction of sp³-hybridized carbons (Fsp3) is 0.231. The number of aromatic nitrogens is 1. The maximum absolute atomic E-state index is 11.6. The van der Waals surface area contributed by atoms with Crippen LogP contribution in [-0.4, -0.2) is 25.2 Å². The van der Waals surface area contributed by atoms with Gasteiger partial charge in [-0.05, 0) is 41.1 Å². The molecule has 0 spiro atoms. The number of hydrogen-bond acceptors (Lipinski definition) is 4. The van der Waals surface area contributed by atoms with E-state index < -0.39 is 5.97 Å². The molecule has 2 rings (SSSR count). The third-order valence-electron chi connectivity index (χ3n) is 2.65. The molecule has 0 saturated heterocycles. The fourth-order valence-corrected chi connectivity index (χ4v) is 2.05. The number of carbonyl (C=O) groups is 1. The number of hydrogen-bond donors (Lipinski definition) is 0. The van der Waals surface area contributed by atoms with Gasteiger partial charge in [0.05, 0.1) is 25.5 Å². The molecule has 0 bridgehead atoms. The van der Waals surface area contributed by atoms with Crippen LogP contribution in [-0.2, 0) is 4.74 Å². The number of pyridine rings is 1. The summed E-state index contributed by atoms with van der Waals surface area (Å²) in [7, 11) is 2.90. The third kappa shape index (κ3) is 2.18. The van der Waals surface area contributed by atoms with Gasteiger partial charge in [-0.2, -0.15) is 0 Å². The van der Waals surface area contributed by atoms with Crippen molar-refractivity contribution < 1.29 is 14.3 Å². The monoisotopic (exact) mass is 309 g/mol. The molecule has 0 radical (unpaired) electrons. The lowest BCUT2D eigenvalue weighted by molar-refractivity contribution is 0.0600. The van der Waals surface area contributed by atoms with Crippen molar-refractivity contribution in [2.45, 2.75) is 6.92 Å². The number of carbonyl (C=O) groups excluding carboxylic acids is 1. The van der Waals surface area contributed by atoms with Gasteiger partial charge in [0.15, 0.2) is 0 Å². The van der Waals surface area contributed by atoms with E-state index in [-0.39, 0.29) is 0 Å².